The summed E-state index contributed by atoms with van der Waals surface area (Å²) in [5.41, 5.74) is 3.65. The van der Waals surface area contributed by atoms with E-state index in [9.17, 15) is 13.2 Å². The molecule has 1 heterocycles. The van der Waals surface area contributed by atoms with E-state index in [0.717, 1.165) is 17.0 Å². The minimum Gasteiger partial charge on any atom is -0.326 e. The van der Waals surface area contributed by atoms with Crippen molar-refractivity contribution in [1.29, 1.82) is 0 Å². The number of nitrogens with zero attached hydrogens (tertiary/aromatic N) is 2. The number of hydrogen-bond donors (Lipinski definition) is 2. The Hall–Kier alpha value is -2.19. The van der Waals surface area contributed by atoms with Gasteiger partial charge in [0.25, 0.3) is 0 Å². The van der Waals surface area contributed by atoms with Crippen molar-refractivity contribution < 1.29 is 13.2 Å². The number of benzene rings is 1. The molecule has 0 atom stereocenters. The van der Waals surface area contributed by atoms with E-state index in [4.69, 9.17) is 0 Å². The smallest absolute Gasteiger partial charge is 0.240 e. The van der Waals surface area contributed by atoms with Gasteiger partial charge in [-0.1, -0.05) is 0 Å². The van der Waals surface area contributed by atoms with Gasteiger partial charge in [0.15, 0.2) is 0 Å². The number of anilines is 1. The molecule has 0 radical (unpaired) electrons. The molecule has 0 spiro atoms. The third kappa shape index (κ3) is 4.92. The van der Waals surface area contributed by atoms with Crippen LogP contribution in [0, 0.1) is 13.8 Å². The van der Waals surface area contributed by atoms with Crippen LogP contribution in [0.3, 0.4) is 0 Å². The number of sulfonamides is 1. The fourth-order valence-corrected chi connectivity index (χ4v) is 3.99. The van der Waals surface area contributed by atoms with Gasteiger partial charge in [0, 0.05) is 30.9 Å². The maximum absolute atomic E-state index is 12.2. The maximum atomic E-state index is 12.2. The van der Waals surface area contributed by atoms with Crippen LogP contribution in [0.1, 0.15) is 37.2 Å². The normalized spacial score (nSPS) is 11.8. The SMILES string of the molecule is Cc1nn(C)c(C)c1CCC(=O)Nc1ccc(S(=O)(=O)NC(C)C)cc1. The van der Waals surface area contributed by atoms with Crippen LogP contribution < -0.4 is 10.0 Å². The van der Waals surface area contributed by atoms with Crippen LogP contribution in [-0.2, 0) is 28.3 Å². The molecular weight excluding hydrogens is 352 g/mol. The average molecular weight is 378 g/mol. The standard InChI is InChI=1S/C18H26N4O3S/c1-12(2)21-26(24,25)16-8-6-15(7-9-16)19-18(23)11-10-17-13(3)20-22(5)14(17)4/h6-9,12,21H,10-11H2,1-5H3,(H,19,23). The summed E-state index contributed by atoms with van der Waals surface area (Å²) in [6, 6.07) is 5.96. The molecule has 0 fully saturated rings. The highest BCUT2D eigenvalue weighted by atomic mass is 32.2. The molecule has 0 aliphatic carbocycles. The lowest BCUT2D eigenvalue weighted by atomic mass is 10.1. The van der Waals surface area contributed by atoms with Gasteiger partial charge in [-0.2, -0.15) is 5.10 Å². The van der Waals surface area contributed by atoms with Gasteiger partial charge in [0.2, 0.25) is 15.9 Å². The van der Waals surface area contributed by atoms with E-state index in [1.54, 1.807) is 26.0 Å². The van der Waals surface area contributed by atoms with Crippen molar-refractivity contribution in [3.05, 3.63) is 41.2 Å². The molecule has 0 saturated heterocycles. The summed E-state index contributed by atoms with van der Waals surface area (Å²) < 4.78 is 28.5. The van der Waals surface area contributed by atoms with Gasteiger partial charge < -0.3 is 5.32 Å². The summed E-state index contributed by atoms with van der Waals surface area (Å²) in [5.74, 6) is -0.122. The van der Waals surface area contributed by atoms with Gasteiger partial charge in [-0.3, -0.25) is 9.48 Å². The van der Waals surface area contributed by atoms with Crippen LogP contribution in [0.25, 0.3) is 0 Å². The zero-order valence-corrected chi connectivity index (χ0v) is 16.6. The molecule has 2 N–H and O–H groups in total. The Labute approximate surface area is 154 Å². The van der Waals surface area contributed by atoms with Crippen LogP contribution in [0.5, 0.6) is 0 Å². The van der Waals surface area contributed by atoms with Crippen molar-refractivity contribution >= 4 is 21.6 Å². The van der Waals surface area contributed by atoms with E-state index in [1.807, 2.05) is 25.6 Å². The first-order chi connectivity index (χ1) is 12.1. The summed E-state index contributed by atoms with van der Waals surface area (Å²) in [6.45, 7) is 7.44. The average Bonchev–Trinajstić information content (AvgIpc) is 2.77. The van der Waals surface area contributed by atoms with Gasteiger partial charge in [-0.15, -0.1) is 0 Å². The molecule has 1 aromatic heterocycles. The Morgan fingerprint density at radius 3 is 2.31 bits per heavy atom. The number of carbonyl (C=O) groups is 1. The molecule has 26 heavy (non-hydrogen) atoms. The topological polar surface area (TPSA) is 93.1 Å². The summed E-state index contributed by atoms with van der Waals surface area (Å²) in [6.07, 6.45) is 0.949. The third-order valence-electron chi connectivity index (χ3n) is 4.10. The highest BCUT2D eigenvalue weighted by Gasteiger charge is 2.15. The largest absolute Gasteiger partial charge is 0.326 e. The van der Waals surface area contributed by atoms with Crippen LogP contribution in [-0.4, -0.2) is 30.1 Å². The molecule has 8 heteroatoms. The molecule has 0 saturated carbocycles. The molecule has 7 nitrogen and oxygen atoms in total. The molecular formula is C18H26N4O3S. The van der Waals surface area contributed by atoms with E-state index in [2.05, 4.69) is 15.1 Å². The first kappa shape index (κ1) is 20.1. The molecule has 1 amide bonds. The van der Waals surface area contributed by atoms with Crippen LogP contribution >= 0.6 is 0 Å². The van der Waals surface area contributed by atoms with Crippen molar-refractivity contribution in [1.82, 2.24) is 14.5 Å². The van der Waals surface area contributed by atoms with Crippen molar-refractivity contribution in [3.8, 4) is 0 Å². The lowest BCUT2D eigenvalue weighted by Gasteiger charge is -2.10. The molecule has 0 bridgehead atoms. The Kier molecular flexibility index (Phi) is 6.20. The Morgan fingerprint density at radius 1 is 1.19 bits per heavy atom. The quantitative estimate of drug-likeness (QED) is 0.773. The monoisotopic (exact) mass is 378 g/mol. The van der Waals surface area contributed by atoms with Gasteiger partial charge in [-0.25, -0.2) is 13.1 Å². The Bertz CT molecular complexity index is 884. The predicted molar refractivity (Wildman–Crippen MR) is 102 cm³/mol. The number of rotatable bonds is 7. The summed E-state index contributed by atoms with van der Waals surface area (Å²) in [7, 11) is -1.65. The molecule has 0 unspecified atom stereocenters. The van der Waals surface area contributed by atoms with Crippen LogP contribution in [0.4, 0.5) is 5.69 Å². The predicted octanol–water partition coefficient (Wildman–Crippen LogP) is 2.29. The van der Waals surface area contributed by atoms with E-state index < -0.39 is 10.0 Å². The number of aryl methyl sites for hydroxylation is 2. The highest BCUT2D eigenvalue weighted by molar-refractivity contribution is 7.89. The number of amides is 1. The number of nitrogens with one attached hydrogen (secondary N) is 2. The summed E-state index contributed by atoms with van der Waals surface area (Å²) >= 11 is 0. The first-order valence-corrected chi connectivity index (χ1v) is 10.00. The lowest BCUT2D eigenvalue weighted by Crippen LogP contribution is -2.30. The minimum absolute atomic E-state index is 0.122. The molecule has 2 aromatic rings. The Balaban J connectivity index is 1.97. The summed E-state index contributed by atoms with van der Waals surface area (Å²) in [5, 5.41) is 7.14. The molecule has 0 aliphatic heterocycles. The molecule has 142 valence electrons. The minimum atomic E-state index is -3.53. The number of hydrogen-bond acceptors (Lipinski definition) is 4. The number of carbonyl (C=O) groups excluding carboxylic acids is 1. The van der Waals surface area contributed by atoms with E-state index in [0.29, 0.717) is 18.5 Å². The van der Waals surface area contributed by atoms with Gasteiger partial charge >= 0.3 is 0 Å². The molecule has 0 aliphatic rings. The second-order valence-electron chi connectivity index (χ2n) is 6.62. The van der Waals surface area contributed by atoms with Crippen LogP contribution in [0.2, 0.25) is 0 Å². The van der Waals surface area contributed by atoms with Crippen LogP contribution in [0.15, 0.2) is 29.2 Å². The van der Waals surface area contributed by atoms with Crippen molar-refractivity contribution in [2.75, 3.05) is 5.32 Å². The fraction of sp³-hybridized carbons (Fsp3) is 0.444. The van der Waals surface area contributed by atoms with Crippen molar-refractivity contribution in [2.24, 2.45) is 7.05 Å². The van der Waals surface area contributed by atoms with Gasteiger partial charge in [0.1, 0.15) is 0 Å². The second kappa shape index (κ2) is 8.01. The van der Waals surface area contributed by atoms with E-state index in [1.165, 1.54) is 12.1 Å². The van der Waals surface area contributed by atoms with E-state index in [-0.39, 0.29) is 16.8 Å². The Morgan fingerprint density at radius 2 is 1.81 bits per heavy atom. The van der Waals surface area contributed by atoms with E-state index >= 15 is 0 Å². The zero-order chi connectivity index (χ0) is 19.5. The second-order valence-corrected chi connectivity index (χ2v) is 8.34. The number of aromatic nitrogens is 2. The lowest BCUT2D eigenvalue weighted by molar-refractivity contribution is -0.116. The van der Waals surface area contributed by atoms with Gasteiger partial charge in [-0.05, 0) is 63.9 Å². The van der Waals surface area contributed by atoms with Crippen molar-refractivity contribution in [2.45, 2.75) is 51.5 Å². The first-order valence-electron chi connectivity index (χ1n) is 8.51. The zero-order valence-electron chi connectivity index (χ0n) is 15.8. The molecule has 2 rings (SSSR count). The molecule has 1 aromatic carbocycles. The maximum Gasteiger partial charge on any atom is 0.240 e. The summed E-state index contributed by atoms with van der Waals surface area (Å²) in [4.78, 5) is 12.3. The van der Waals surface area contributed by atoms with Crippen molar-refractivity contribution in [3.63, 3.8) is 0 Å². The van der Waals surface area contributed by atoms with Gasteiger partial charge in [0.05, 0.1) is 10.6 Å². The third-order valence-corrected chi connectivity index (χ3v) is 5.77. The highest BCUT2D eigenvalue weighted by Crippen LogP contribution is 2.17. The fourth-order valence-electron chi connectivity index (χ4n) is 2.74.